The summed E-state index contributed by atoms with van der Waals surface area (Å²) in [7, 11) is 0. The third kappa shape index (κ3) is 4.92. The van der Waals surface area contributed by atoms with Gasteiger partial charge in [0.05, 0.1) is 13.0 Å². The van der Waals surface area contributed by atoms with Crippen LogP contribution < -0.4 is 5.32 Å². The first-order valence-corrected chi connectivity index (χ1v) is 5.14. The molecule has 1 rings (SSSR count). The average Bonchev–Trinajstić information content (AvgIpc) is 2.29. The van der Waals surface area contributed by atoms with Crippen LogP contribution in [0.5, 0.6) is 0 Å². The van der Waals surface area contributed by atoms with E-state index in [0.717, 1.165) is 5.69 Å². The summed E-state index contributed by atoms with van der Waals surface area (Å²) in [6.45, 7) is -0.299. The second-order valence-electron chi connectivity index (χ2n) is 3.53. The van der Waals surface area contributed by atoms with Crippen LogP contribution >= 0.6 is 0 Å². The molecule has 0 radical (unpaired) electrons. The Kier molecular flexibility index (Phi) is 4.86. The summed E-state index contributed by atoms with van der Waals surface area (Å²) in [6.07, 6.45) is -0.0696. The number of nitrogens with one attached hydrogen (secondary N) is 1. The van der Waals surface area contributed by atoms with Crippen LogP contribution in [0.4, 0.5) is 5.69 Å². The van der Waals surface area contributed by atoms with Crippen LogP contribution in [0.2, 0.25) is 0 Å². The zero-order valence-electron chi connectivity index (χ0n) is 9.11. The fourth-order valence-electron chi connectivity index (χ4n) is 1.33. The fraction of sp³-hybridized carbons (Fsp3) is 0.400. The van der Waals surface area contributed by atoms with E-state index in [1.165, 1.54) is 0 Å². The predicted molar refractivity (Wildman–Crippen MR) is 62.2 cm³/mol. The summed E-state index contributed by atoms with van der Waals surface area (Å²) in [5.41, 5.74) is 0.764. The van der Waals surface area contributed by atoms with Gasteiger partial charge in [-0.25, -0.2) is 0 Å². The molecule has 7 nitrogen and oxygen atoms in total. The van der Waals surface area contributed by atoms with Gasteiger partial charge in [-0.2, -0.15) is 0 Å². The topological polar surface area (TPSA) is 98.3 Å². The first-order chi connectivity index (χ1) is 8.09. The van der Waals surface area contributed by atoms with Gasteiger partial charge in [0.25, 0.3) is 0 Å². The van der Waals surface area contributed by atoms with Crippen LogP contribution in [-0.4, -0.2) is 29.0 Å². The Hall–Kier alpha value is -2.18. The van der Waals surface area contributed by atoms with E-state index in [1.807, 2.05) is 6.07 Å². The van der Waals surface area contributed by atoms with Crippen molar-refractivity contribution in [1.29, 1.82) is 0 Å². The first kappa shape index (κ1) is 12.9. The van der Waals surface area contributed by atoms with E-state index >= 15 is 0 Å². The largest absolute Gasteiger partial charge is 0.378 e. The predicted octanol–water partition coefficient (Wildman–Crippen LogP) is 1.41. The lowest BCUT2D eigenvalue weighted by Crippen LogP contribution is -2.30. The van der Waals surface area contributed by atoms with Crippen LogP contribution in [0.15, 0.2) is 30.3 Å². The van der Waals surface area contributed by atoms with Gasteiger partial charge in [-0.3, -0.25) is 20.2 Å². The van der Waals surface area contributed by atoms with Gasteiger partial charge in [0.2, 0.25) is 12.6 Å². The number of hydrogen-bond donors (Lipinski definition) is 1. The van der Waals surface area contributed by atoms with Crippen molar-refractivity contribution in [3.8, 4) is 0 Å². The molecule has 1 aromatic carbocycles. The van der Waals surface area contributed by atoms with Gasteiger partial charge >= 0.3 is 0 Å². The van der Waals surface area contributed by atoms with E-state index in [9.17, 15) is 20.2 Å². The van der Waals surface area contributed by atoms with Gasteiger partial charge in [0.15, 0.2) is 0 Å². The smallest absolute Gasteiger partial charge is 0.236 e. The van der Waals surface area contributed by atoms with Gasteiger partial charge in [0, 0.05) is 15.5 Å². The van der Waals surface area contributed by atoms with Gasteiger partial charge < -0.3 is 5.32 Å². The standard InChI is InChI=1S/C10H13N3O4/c14-12(15)7-6-10(13(16)17)8-11-9-4-2-1-3-5-9/h1-5,10-11H,6-8H2. The van der Waals surface area contributed by atoms with Gasteiger partial charge in [0.1, 0.15) is 0 Å². The Bertz CT molecular complexity index is 382. The van der Waals surface area contributed by atoms with Crippen molar-refractivity contribution in [2.45, 2.75) is 12.5 Å². The molecule has 0 saturated heterocycles. The highest BCUT2D eigenvalue weighted by molar-refractivity contribution is 5.42. The van der Waals surface area contributed by atoms with E-state index in [-0.39, 0.29) is 19.5 Å². The maximum Gasteiger partial charge on any atom is 0.236 e. The van der Waals surface area contributed by atoms with Crippen LogP contribution in [0.3, 0.4) is 0 Å². The lowest BCUT2D eigenvalue weighted by Gasteiger charge is -2.09. The number of hydrogen-bond acceptors (Lipinski definition) is 5. The van der Waals surface area contributed by atoms with Gasteiger partial charge in [-0.1, -0.05) is 18.2 Å². The molecule has 0 fully saturated rings. The number of rotatable bonds is 7. The molecule has 1 atom stereocenters. The second-order valence-corrected chi connectivity index (χ2v) is 3.53. The molecule has 0 bridgehead atoms. The van der Waals surface area contributed by atoms with Gasteiger partial charge in [-0.05, 0) is 12.1 Å². The quantitative estimate of drug-likeness (QED) is 0.573. The number of anilines is 1. The molecule has 0 aromatic heterocycles. The molecule has 1 N–H and O–H groups in total. The molecule has 0 heterocycles. The minimum absolute atomic E-state index is 0.0696. The maximum absolute atomic E-state index is 10.7. The van der Waals surface area contributed by atoms with Crippen molar-refractivity contribution in [3.05, 3.63) is 50.6 Å². The fourth-order valence-corrected chi connectivity index (χ4v) is 1.33. The van der Waals surface area contributed by atoms with Crippen molar-refractivity contribution in [2.75, 3.05) is 18.4 Å². The Balaban J connectivity index is 2.45. The van der Waals surface area contributed by atoms with E-state index < -0.39 is 15.9 Å². The number of nitro groups is 2. The molecule has 0 saturated carbocycles. The highest BCUT2D eigenvalue weighted by Gasteiger charge is 2.22. The summed E-state index contributed by atoms with van der Waals surface area (Å²) in [5.74, 6) is 0. The molecular weight excluding hydrogens is 226 g/mol. The third-order valence-corrected chi connectivity index (χ3v) is 2.26. The molecule has 0 spiro atoms. The zero-order valence-corrected chi connectivity index (χ0v) is 9.11. The zero-order chi connectivity index (χ0) is 12.7. The minimum atomic E-state index is -0.944. The van der Waals surface area contributed by atoms with E-state index in [1.54, 1.807) is 24.3 Å². The summed E-state index contributed by atoms with van der Waals surface area (Å²) in [4.78, 5) is 19.8. The van der Waals surface area contributed by atoms with Crippen molar-refractivity contribution in [3.63, 3.8) is 0 Å². The van der Waals surface area contributed by atoms with Crippen molar-refractivity contribution in [1.82, 2.24) is 0 Å². The van der Waals surface area contributed by atoms with Crippen LogP contribution in [-0.2, 0) is 0 Å². The Morgan fingerprint density at radius 3 is 2.35 bits per heavy atom. The molecule has 0 amide bonds. The van der Waals surface area contributed by atoms with Crippen molar-refractivity contribution < 1.29 is 9.85 Å². The molecular formula is C10H13N3O4. The van der Waals surface area contributed by atoms with E-state index in [2.05, 4.69) is 5.32 Å². The second kappa shape index (κ2) is 6.41. The summed E-state index contributed by atoms with van der Waals surface area (Å²) < 4.78 is 0. The molecule has 1 aromatic rings. The third-order valence-electron chi connectivity index (χ3n) is 2.26. The molecule has 92 valence electrons. The minimum Gasteiger partial charge on any atom is -0.378 e. The summed E-state index contributed by atoms with van der Waals surface area (Å²) in [6, 6.07) is 8.07. The first-order valence-electron chi connectivity index (χ1n) is 5.14. The monoisotopic (exact) mass is 239 g/mol. The van der Waals surface area contributed by atoms with E-state index in [0.29, 0.717) is 0 Å². The summed E-state index contributed by atoms with van der Waals surface area (Å²) in [5, 5.41) is 23.7. The number of benzene rings is 1. The molecule has 17 heavy (non-hydrogen) atoms. The molecule has 0 aliphatic rings. The van der Waals surface area contributed by atoms with E-state index in [4.69, 9.17) is 0 Å². The molecule has 0 aliphatic heterocycles. The average molecular weight is 239 g/mol. The maximum atomic E-state index is 10.7. The van der Waals surface area contributed by atoms with Crippen molar-refractivity contribution >= 4 is 5.69 Å². The Labute approximate surface area is 97.7 Å². The Morgan fingerprint density at radius 1 is 1.18 bits per heavy atom. The van der Waals surface area contributed by atoms with Crippen molar-refractivity contribution in [2.24, 2.45) is 0 Å². The molecule has 7 heteroatoms. The normalized spacial score (nSPS) is 11.8. The van der Waals surface area contributed by atoms with Gasteiger partial charge in [-0.15, -0.1) is 0 Å². The SMILES string of the molecule is O=[N+]([O-])CCC(CNc1ccccc1)[N+](=O)[O-]. The highest BCUT2D eigenvalue weighted by Crippen LogP contribution is 2.06. The van der Waals surface area contributed by atoms with Crippen LogP contribution in [0.1, 0.15) is 6.42 Å². The lowest BCUT2D eigenvalue weighted by molar-refractivity contribution is -0.538. The molecule has 1 unspecified atom stereocenters. The van der Waals surface area contributed by atoms with Crippen LogP contribution in [0, 0.1) is 20.2 Å². The molecule has 0 aliphatic carbocycles. The number of para-hydroxylation sites is 1. The lowest BCUT2D eigenvalue weighted by atomic mass is 10.2. The number of nitrogens with zero attached hydrogens (tertiary/aromatic N) is 2. The summed E-state index contributed by atoms with van der Waals surface area (Å²) >= 11 is 0. The Morgan fingerprint density at radius 2 is 1.82 bits per heavy atom. The highest BCUT2D eigenvalue weighted by atomic mass is 16.6. The van der Waals surface area contributed by atoms with Crippen LogP contribution in [0.25, 0.3) is 0 Å².